The molecule has 0 fully saturated rings. The Kier molecular flexibility index (Phi) is 8.96. The number of benzene rings is 3. The molecule has 0 radical (unpaired) electrons. The van der Waals surface area contributed by atoms with Crippen LogP contribution >= 0.6 is 11.3 Å². The standard InChI is InChI=1S/C31H34N2O7S3/c1-4-23(19-29-32(13-7-15-42(34,35)36)26-17-21(2)22(3)18-27(26)40-29)20-30-33(14-8-16-43(37,38)39)31-25-10-6-5-9-24(25)11-12-28(31)41-30/h5-6,9-12,17-20H,4,7-8,13-16H2,1-3H3,(H-,34,35,36,37,38,39)/p+1. The Morgan fingerprint density at radius 2 is 1.67 bits per heavy atom. The van der Waals surface area contributed by atoms with Gasteiger partial charge in [-0.3, -0.25) is 9.11 Å². The Balaban J connectivity index is 1.58. The highest BCUT2D eigenvalue weighted by atomic mass is 32.2. The maximum Gasteiger partial charge on any atom is 0.265 e. The monoisotopic (exact) mass is 643 g/mol. The fourth-order valence-corrected chi connectivity index (χ4v) is 7.44. The molecule has 43 heavy (non-hydrogen) atoms. The summed E-state index contributed by atoms with van der Waals surface area (Å²) in [6, 6.07) is 16.2. The molecule has 9 nitrogen and oxygen atoms in total. The molecule has 5 rings (SSSR count). The van der Waals surface area contributed by atoms with Gasteiger partial charge < -0.3 is 9.64 Å². The predicted octanol–water partition coefficient (Wildman–Crippen LogP) is 6.05. The molecule has 1 aromatic heterocycles. The molecule has 228 valence electrons. The molecular weight excluding hydrogens is 609 g/mol. The summed E-state index contributed by atoms with van der Waals surface area (Å²) in [4.78, 5) is 1.94. The topological polar surface area (TPSA) is 125 Å². The van der Waals surface area contributed by atoms with E-state index >= 15 is 0 Å². The number of allylic oxidation sites excluding steroid dienone is 2. The van der Waals surface area contributed by atoms with E-state index < -0.39 is 20.2 Å². The summed E-state index contributed by atoms with van der Waals surface area (Å²) >= 11 is 1.60. The quantitative estimate of drug-likeness (QED) is 0.150. The van der Waals surface area contributed by atoms with Crippen LogP contribution in [0.3, 0.4) is 0 Å². The van der Waals surface area contributed by atoms with Crippen LogP contribution in [0, 0.1) is 13.8 Å². The minimum Gasteiger partial charge on any atom is -0.439 e. The smallest absolute Gasteiger partial charge is 0.265 e. The van der Waals surface area contributed by atoms with Crippen molar-refractivity contribution in [3.8, 4) is 5.75 Å². The summed E-state index contributed by atoms with van der Waals surface area (Å²) in [5.74, 6) is 0.560. The van der Waals surface area contributed by atoms with Gasteiger partial charge in [-0.15, -0.1) is 0 Å². The van der Waals surface area contributed by atoms with Crippen LogP contribution in [0.1, 0.15) is 42.3 Å². The average Bonchev–Trinajstić information content (AvgIpc) is 3.44. The van der Waals surface area contributed by atoms with E-state index in [1.54, 1.807) is 11.3 Å². The molecule has 0 amide bonds. The second kappa shape index (κ2) is 12.4. The third-order valence-corrected chi connectivity index (χ3v) is 10.3. The van der Waals surface area contributed by atoms with Crippen LogP contribution in [0.15, 0.2) is 66.1 Å². The van der Waals surface area contributed by atoms with E-state index in [4.69, 9.17) is 4.74 Å². The molecule has 0 atom stereocenters. The number of anilines is 1. The zero-order valence-corrected chi connectivity index (χ0v) is 26.7. The van der Waals surface area contributed by atoms with Crippen molar-refractivity contribution in [3.63, 3.8) is 0 Å². The van der Waals surface area contributed by atoms with E-state index in [2.05, 4.69) is 28.8 Å². The largest absolute Gasteiger partial charge is 0.439 e. The summed E-state index contributed by atoms with van der Waals surface area (Å²) in [7, 11) is -8.19. The second-order valence-corrected chi connectivity index (χ2v) is 14.9. The van der Waals surface area contributed by atoms with E-state index in [1.807, 2.05) is 62.1 Å². The van der Waals surface area contributed by atoms with E-state index in [1.165, 1.54) is 0 Å². The molecule has 12 heteroatoms. The second-order valence-electron chi connectivity index (χ2n) is 10.7. The Morgan fingerprint density at radius 3 is 2.40 bits per heavy atom. The summed E-state index contributed by atoms with van der Waals surface area (Å²) in [6.07, 6.45) is 5.15. The van der Waals surface area contributed by atoms with Gasteiger partial charge in [0.25, 0.3) is 25.2 Å². The number of aromatic nitrogens is 1. The maximum atomic E-state index is 11.5. The zero-order chi connectivity index (χ0) is 30.9. The van der Waals surface area contributed by atoms with Gasteiger partial charge in [-0.1, -0.05) is 42.5 Å². The van der Waals surface area contributed by atoms with Crippen molar-refractivity contribution in [2.45, 2.75) is 46.6 Å². The molecule has 0 bridgehead atoms. The Morgan fingerprint density at radius 1 is 0.977 bits per heavy atom. The molecule has 0 saturated carbocycles. The lowest BCUT2D eigenvalue weighted by Crippen LogP contribution is -2.36. The third kappa shape index (κ3) is 7.27. The number of rotatable bonds is 11. The van der Waals surface area contributed by atoms with Crippen molar-refractivity contribution in [2.75, 3.05) is 23.0 Å². The van der Waals surface area contributed by atoms with E-state index in [0.29, 0.717) is 31.1 Å². The van der Waals surface area contributed by atoms with Crippen LogP contribution < -0.4 is 14.2 Å². The van der Waals surface area contributed by atoms with Gasteiger partial charge >= 0.3 is 0 Å². The number of nitrogens with zero attached hydrogens (tertiary/aromatic N) is 2. The van der Waals surface area contributed by atoms with E-state index in [9.17, 15) is 25.9 Å². The minimum absolute atomic E-state index is 0.216. The van der Waals surface area contributed by atoms with Gasteiger partial charge in [0.05, 0.1) is 22.6 Å². The Labute approximate surface area is 256 Å². The van der Waals surface area contributed by atoms with Crippen molar-refractivity contribution in [3.05, 3.63) is 82.2 Å². The summed E-state index contributed by atoms with van der Waals surface area (Å²) < 4.78 is 73.9. The SMILES string of the molecule is CCC(=Cc1sc2ccc3ccccc3c2[n+]1CCCS(=O)(=O)O)C=C1Oc2cc(C)c(C)cc2N1CCCS(=O)(=O)O. The molecule has 2 heterocycles. The lowest BCUT2D eigenvalue weighted by Gasteiger charge is -2.19. The first-order chi connectivity index (χ1) is 20.3. The predicted molar refractivity (Wildman–Crippen MR) is 172 cm³/mol. The lowest BCUT2D eigenvalue weighted by atomic mass is 10.1. The van der Waals surface area contributed by atoms with E-state index in [-0.39, 0.29) is 24.3 Å². The first-order valence-electron chi connectivity index (χ1n) is 14.1. The summed E-state index contributed by atoms with van der Waals surface area (Å²) in [6.45, 7) is 6.79. The molecule has 3 aromatic carbocycles. The fraction of sp³-hybridized carbons (Fsp3) is 0.323. The Hall–Kier alpha value is -3.29. The minimum atomic E-state index is -4.10. The number of thiazole rings is 1. The van der Waals surface area contributed by atoms with Crippen LogP contribution in [0.4, 0.5) is 5.69 Å². The lowest BCUT2D eigenvalue weighted by molar-refractivity contribution is -0.667. The number of ether oxygens (including phenoxy) is 1. The summed E-state index contributed by atoms with van der Waals surface area (Å²) in [5.41, 5.74) is 4.96. The van der Waals surface area contributed by atoms with Gasteiger partial charge in [0.1, 0.15) is 4.70 Å². The number of hydrogen-bond donors (Lipinski definition) is 2. The van der Waals surface area contributed by atoms with Crippen molar-refractivity contribution < 1.29 is 35.2 Å². The number of aryl methyl sites for hydroxylation is 3. The van der Waals surface area contributed by atoms with Crippen molar-refractivity contribution in [1.82, 2.24) is 0 Å². The molecule has 0 unspecified atom stereocenters. The Bertz CT molecular complexity index is 1980. The molecule has 1 aliphatic rings. The van der Waals surface area contributed by atoms with Gasteiger partial charge in [0.2, 0.25) is 11.4 Å². The van der Waals surface area contributed by atoms with Gasteiger partial charge in [0.15, 0.2) is 12.3 Å². The van der Waals surface area contributed by atoms with Crippen LogP contribution in [0.25, 0.3) is 27.1 Å². The average molecular weight is 644 g/mol. The van der Waals surface area contributed by atoms with Crippen LogP contribution in [0.5, 0.6) is 5.75 Å². The van der Waals surface area contributed by atoms with Gasteiger partial charge in [-0.25, -0.2) is 0 Å². The molecule has 2 N–H and O–H groups in total. The number of fused-ring (bicyclic) bond motifs is 4. The van der Waals surface area contributed by atoms with Gasteiger partial charge in [-0.2, -0.15) is 21.4 Å². The van der Waals surface area contributed by atoms with Crippen molar-refractivity contribution in [1.29, 1.82) is 0 Å². The van der Waals surface area contributed by atoms with Crippen molar-refractivity contribution in [2.24, 2.45) is 0 Å². The molecule has 0 aliphatic carbocycles. The van der Waals surface area contributed by atoms with Crippen LogP contribution in [-0.4, -0.2) is 44.0 Å². The van der Waals surface area contributed by atoms with Crippen LogP contribution in [0.2, 0.25) is 0 Å². The maximum absolute atomic E-state index is 11.5. The molecule has 0 saturated heterocycles. The number of hydrogen-bond acceptors (Lipinski definition) is 7. The van der Waals surface area contributed by atoms with Crippen molar-refractivity contribution >= 4 is 64.3 Å². The molecular formula is C31H35N2O7S3+. The molecule has 0 spiro atoms. The first kappa shape index (κ1) is 31.1. The third-order valence-electron chi connectivity index (χ3n) is 7.55. The van der Waals surface area contributed by atoms with Gasteiger partial charge in [-0.05, 0) is 73.0 Å². The normalized spacial score (nSPS) is 15.0. The fourth-order valence-electron chi connectivity index (χ4n) is 5.27. The molecule has 4 aromatic rings. The van der Waals surface area contributed by atoms with Crippen LogP contribution in [-0.2, 0) is 26.8 Å². The summed E-state index contributed by atoms with van der Waals surface area (Å²) in [5, 5.41) is 3.06. The zero-order valence-electron chi connectivity index (χ0n) is 24.3. The first-order valence-corrected chi connectivity index (χ1v) is 18.1. The van der Waals surface area contributed by atoms with E-state index in [0.717, 1.165) is 48.4 Å². The highest BCUT2D eigenvalue weighted by molar-refractivity contribution is 7.86. The van der Waals surface area contributed by atoms with Gasteiger partial charge in [0, 0.05) is 25.1 Å². The molecule has 1 aliphatic heterocycles. The highest BCUT2D eigenvalue weighted by Gasteiger charge is 2.28. The highest BCUT2D eigenvalue weighted by Crippen LogP contribution is 2.41.